The molecule has 0 aliphatic carbocycles. The van der Waals surface area contributed by atoms with Crippen molar-refractivity contribution < 1.29 is 19.2 Å². The molecule has 2 aromatic heterocycles. The van der Waals surface area contributed by atoms with Crippen LogP contribution in [0.1, 0.15) is 36.4 Å². The highest BCUT2D eigenvalue weighted by molar-refractivity contribution is 7.05. The number of hydrogen-bond donors (Lipinski definition) is 1. The number of aromatic nitrogens is 4. The van der Waals surface area contributed by atoms with Gasteiger partial charge >= 0.3 is 0 Å². The minimum atomic E-state index is -0.973. The molecule has 0 radical (unpaired) electrons. The molecule has 3 aliphatic rings. The molecule has 38 heavy (non-hydrogen) atoms. The number of imide groups is 2. The predicted octanol–water partition coefficient (Wildman–Crippen LogP) is 1.99. The van der Waals surface area contributed by atoms with Crippen LogP contribution in [0.3, 0.4) is 0 Å². The van der Waals surface area contributed by atoms with Crippen molar-refractivity contribution in [2.75, 3.05) is 6.54 Å². The van der Waals surface area contributed by atoms with Gasteiger partial charge in [0.05, 0.1) is 6.54 Å². The van der Waals surface area contributed by atoms with E-state index in [-0.39, 0.29) is 12.8 Å². The number of rotatable bonds is 5. The summed E-state index contributed by atoms with van der Waals surface area (Å²) in [4.78, 5) is 66.5. The standard InChI is InChI=1S/C26H23N7O4S/c1-14-18(11-27-13-28-14)15-4-2-5-16(10-15)23-30-21(38-31-23)12-32-9-3-6-17-22(32)26(37)33(25(17)36)19-7-8-20(34)29-24(19)35/h2,4-5,10-11,13,19H,3,6-9,12H2,1H3,(H,29,34,35). The van der Waals surface area contributed by atoms with Crippen LogP contribution in [0.25, 0.3) is 22.5 Å². The molecule has 1 N–H and O–H groups in total. The van der Waals surface area contributed by atoms with Crippen molar-refractivity contribution in [3.63, 3.8) is 0 Å². The number of nitrogens with zero attached hydrogens (tertiary/aromatic N) is 6. The van der Waals surface area contributed by atoms with E-state index in [2.05, 4.69) is 19.7 Å². The molecule has 6 rings (SSSR count). The molecule has 0 saturated carbocycles. The topological polar surface area (TPSA) is 138 Å². The smallest absolute Gasteiger partial charge is 0.278 e. The summed E-state index contributed by atoms with van der Waals surface area (Å²) in [6.45, 7) is 2.84. The Morgan fingerprint density at radius 1 is 1.11 bits per heavy atom. The molecular formula is C26H23N7O4S. The lowest BCUT2D eigenvalue weighted by molar-refractivity contribution is -0.150. The SMILES string of the molecule is Cc1ncncc1-c1cccc(-c2nsc(CN3CCCC4=C3C(=O)N(C3CCC(=O)NC3=O)C4=O)n2)c1. The van der Waals surface area contributed by atoms with Gasteiger partial charge in [0, 0.05) is 41.6 Å². The van der Waals surface area contributed by atoms with Gasteiger partial charge in [0.2, 0.25) is 11.8 Å². The van der Waals surface area contributed by atoms with E-state index >= 15 is 0 Å². The maximum atomic E-state index is 13.4. The summed E-state index contributed by atoms with van der Waals surface area (Å²) in [7, 11) is 0. The van der Waals surface area contributed by atoms with Gasteiger partial charge in [-0.25, -0.2) is 15.0 Å². The van der Waals surface area contributed by atoms with Gasteiger partial charge in [0.1, 0.15) is 23.1 Å². The second kappa shape index (κ2) is 9.53. The lowest BCUT2D eigenvalue weighted by Gasteiger charge is -2.30. The summed E-state index contributed by atoms with van der Waals surface area (Å²) in [6.07, 6.45) is 4.69. The fourth-order valence-electron chi connectivity index (χ4n) is 5.16. The normalized spacial score (nSPS) is 19.8. The van der Waals surface area contributed by atoms with Crippen molar-refractivity contribution in [1.29, 1.82) is 0 Å². The Bertz CT molecular complexity index is 1530. The zero-order valence-corrected chi connectivity index (χ0v) is 21.3. The second-order valence-corrected chi connectivity index (χ2v) is 10.3. The molecular weight excluding hydrogens is 506 g/mol. The van der Waals surface area contributed by atoms with Gasteiger partial charge in [0.25, 0.3) is 11.8 Å². The van der Waals surface area contributed by atoms with Gasteiger partial charge < -0.3 is 4.90 Å². The molecule has 11 nitrogen and oxygen atoms in total. The van der Waals surface area contributed by atoms with E-state index in [0.29, 0.717) is 48.0 Å². The number of benzene rings is 1. The zero-order chi connectivity index (χ0) is 26.4. The van der Waals surface area contributed by atoms with Crippen molar-refractivity contribution in [2.45, 2.75) is 45.2 Å². The summed E-state index contributed by atoms with van der Waals surface area (Å²) < 4.78 is 4.54. The highest BCUT2D eigenvalue weighted by Crippen LogP contribution is 2.35. The molecule has 1 unspecified atom stereocenters. The van der Waals surface area contributed by atoms with Crippen LogP contribution in [0.5, 0.6) is 0 Å². The number of carbonyl (C=O) groups is 4. The van der Waals surface area contributed by atoms with Gasteiger partial charge in [-0.2, -0.15) is 4.37 Å². The number of carbonyl (C=O) groups excluding carboxylic acids is 4. The molecule has 1 atom stereocenters. The first kappa shape index (κ1) is 24.0. The van der Waals surface area contributed by atoms with E-state index in [1.54, 1.807) is 6.20 Å². The maximum absolute atomic E-state index is 13.4. The fourth-order valence-corrected chi connectivity index (χ4v) is 5.84. The van der Waals surface area contributed by atoms with E-state index in [1.807, 2.05) is 36.1 Å². The molecule has 12 heteroatoms. The van der Waals surface area contributed by atoms with Crippen LogP contribution >= 0.6 is 11.5 Å². The van der Waals surface area contributed by atoms with E-state index in [0.717, 1.165) is 27.3 Å². The van der Waals surface area contributed by atoms with Crippen LogP contribution in [-0.4, -0.2) is 65.3 Å². The summed E-state index contributed by atoms with van der Waals surface area (Å²) in [5, 5.41) is 2.94. The molecule has 4 amide bonds. The molecule has 3 aromatic rings. The van der Waals surface area contributed by atoms with E-state index in [4.69, 9.17) is 4.98 Å². The molecule has 1 aromatic carbocycles. The largest absolute Gasteiger partial charge is 0.360 e. The quantitative estimate of drug-likeness (QED) is 0.492. The van der Waals surface area contributed by atoms with Gasteiger partial charge in [-0.3, -0.25) is 29.4 Å². The summed E-state index contributed by atoms with van der Waals surface area (Å²) in [5.74, 6) is -1.36. The fraction of sp³-hybridized carbons (Fsp3) is 0.308. The second-order valence-electron chi connectivity index (χ2n) is 9.41. The Labute approximate surface area is 221 Å². The number of amides is 4. The van der Waals surface area contributed by atoms with Crippen LogP contribution in [0.2, 0.25) is 0 Å². The molecule has 1 fully saturated rings. The van der Waals surface area contributed by atoms with Crippen molar-refractivity contribution in [3.05, 3.63) is 58.8 Å². The van der Waals surface area contributed by atoms with Gasteiger partial charge in [-0.1, -0.05) is 18.2 Å². The Morgan fingerprint density at radius 3 is 2.76 bits per heavy atom. The monoisotopic (exact) mass is 529 g/mol. The predicted molar refractivity (Wildman–Crippen MR) is 136 cm³/mol. The van der Waals surface area contributed by atoms with Crippen LogP contribution in [0, 0.1) is 6.92 Å². The van der Waals surface area contributed by atoms with E-state index < -0.39 is 29.7 Å². The van der Waals surface area contributed by atoms with Gasteiger partial charge in [0.15, 0.2) is 5.82 Å². The van der Waals surface area contributed by atoms with E-state index in [1.165, 1.54) is 17.9 Å². The van der Waals surface area contributed by atoms with Crippen molar-refractivity contribution in [1.82, 2.24) is 34.4 Å². The Morgan fingerprint density at radius 2 is 1.95 bits per heavy atom. The number of hydrogen-bond acceptors (Lipinski definition) is 10. The highest BCUT2D eigenvalue weighted by atomic mass is 32.1. The molecule has 192 valence electrons. The molecule has 0 spiro atoms. The van der Waals surface area contributed by atoms with Crippen LogP contribution in [0.4, 0.5) is 0 Å². The van der Waals surface area contributed by atoms with E-state index in [9.17, 15) is 19.2 Å². The third kappa shape index (κ3) is 4.16. The first-order valence-electron chi connectivity index (χ1n) is 12.3. The average Bonchev–Trinajstić information content (AvgIpc) is 3.48. The number of aryl methyl sites for hydroxylation is 1. The minimum Gasteiger partial charge on any atom is -0.360 e. The Balaban J connectivity index is 1.23. The first-order chi connectivity index (χ1) is 18.4. The summed E-state index contributed by atoms with van der Waals surface area (Å²) >= 11 is 1.25. The lowest BCUT2D eigenvalue weighted by Crippen LogP contribution is -2.55. The number of nitrogens with one attached hydrogen (secondary N) is 1. The molecule has 5 heterocycles. The first-order valence-corrected chi connectivity index (χ1v) is 13.1. The van der Waals surface area contributed by atoms with Crippen LogP contribution in [0.15, 0.2) is 48.1 Å². The third-order valence-corrected chi connectivity index (χ3v) is 7.71. The third-order valence-electron chi connectivity index (χ3n) is 7.01. The average molecular weight is 530 g/mol. The maximum Gasteiger partial charge on any atom is 0.278 e. The lowest BCUT2D eigenvalue weighted by atomic mass is 10.0. The van der Waals surface area contributed by atoms with Crippen molar-refractivity contribution >= 4 is 35.2 Å². The van der Waals surface area contributed by atoms with Crippen molar-refractivity contribution in [2.24, 2.45) is 0 Å². The number of piperidine rings is 1. The Kier molecular flexibility index (Phi) is 6.03. The molecule has 3 aliphatic heterocycles. The zero-order valence-electron chi connectivity index (χ0n) is 20.5. The summed E-state index contributed by atoms with van der Waals surface area (Å²) in [5.41, 5.74) is 4.37. The van der Waals surface area contributed by atoms with Crippen LogP contribution in [-0.2, 0) is 25.7 Å². The molecule has 1 saturated heterocycles. The molecule has 0 bridgehead atoms. The summed E-state index contributed by atoms with van der Waals surface area (Å²) in [6, 6.07) is 6.88. The minimum absolute atomic E-state index is 0.0907. The van der Waals surface area contributed by atoms with Gasteiger partial charge in [-0.05, 0) is 49.3 Å². The van der Waals surface area contributed by atoms with Crippen LogP contribution < -0.4 is 5.32 Å². The highest BCUT2D eigenvalue weighted by Gasteiger charge is 2.48. The van der Waals surface area contributed by atoms with Crippen molar-refractivity contribution in [3.8, 4) is 22.5 Å². The van der Waals surface area contributed by atoms with Gasteiger partial charge in [-0.15, -0.1) is 0 Å². The Hall–Kier alpha value is -4.32.